The minimum atomic E-state index is 0.102. The zero-order valence-corrected chi connectivity index (χ0v) is 15.9. The smallest absolute Gasteiger partial charge is 0.220 e. The van der Waals surface area contributed by atoms with E-state index in [0.29, 0.717) is 31.0 Å². The quantitative estimate of drug-likeness (QED) is 0.686. The zero-order chi connectivity index (χ0) is 19.5. The van der Waals surface area contributed by atoms with Crippen molar-refractivity contribution in [2.45, 2.75) is 6.42 Å². The van der Waals surface area contributed by atoms with Crippen molar-refractivity contribution >= 4 is 22.6 Å². The number of anilines is 1. The number of ether oxygens (including phenoxy) is 2. The van der Waals surface area contributed by atoms with E-state index in [0.717, 1.165) is 28.0 Å². The molecule has 1 atom stereocenters. The van der Waals surface area contributed by atoms with E-state index in [1.54, 1.807) is 20.4 Å². The predicted molar refractivity (Wildman–Crippen MR) is 108 cm³/mol. The molecular formula is C21H22N4O3. The first-order chi connectivity index (χ1) is 13.7. The summed E-state index contributed by atoms with van der Waals surface area (Å²) in [4.78, 5) is 20.8. The van der Waals surface area contributed by atoms with Crippen LogP contribution in [0.1, 0.15) is 6.42 Å². The number of methoxy groups -OCH3 is 2. The Morgan fingerprint density at radius 2 is 2.04 bits per heavy atom. The van der Waals surface area contributed by atoms with Crippen molar-refractivity contribution in [1.82, 2.24) is 15.3 Å². The molecule has 3 aromatic rings. The average molecular weight is 378 g/mol. The van der Waals surface area contributed by atoms with Gasteiger partial charge in [-0.05, 0) is 36.4 Å². The van der Waals surface area contributed by atoms with Gasteiger partial charge >= 0.3 is 0 Å². The van der Waals surface area contributed by atoms with Gasteiger partial charge in [0.1, 0.15) is 5.82 Å². The van der Waals surface area contributed by atoms with Crippen LogP contribution in [-0.2, 0) is 4.79 Å². The first-order valence-corrected chi connectivity index (χ1v) is 9.16. The average Bonchev–Trinajstić information content (AvgIpc) is 3.16. The van der Waals surface area contributed by atoms with Gasteiger partial charge in [0.25, 0.3) is 0 Å². The van der Waals surface area contributed by atoms with E-state index in [1.807, 2.05) is 36.4 Å². The van der Waals surface area contributed by atoms with Gasteiger partial charge in [-0.15, -0.1) is 0 Å². The molecule has 1 aromatic carbocycles. The number of carbonyl (C=O) groups is 1. The van der Waals surface area contributed by atoms with Crippen molar-refractivity contribution < 1.29 is 14.3 Å². The van der Waals surface area contributed by atoms with E-state index in [9.17, 15) is 4.79 Å². The summed E-state index contributed by atoms with van der Waals surface area (Å²) >= 11 is 0. The van der Waals surface area contributed by atoms with Gasteiger partial charge in [-0.25, -0.2) is 4.98 Å². The molecule has 28 heavy (non-hydrogen) atoms. The van der Waals surface area contributed by atoms with E-state index >= 15 is 0 Å². The molecule has 3 heterocycles. The van der Waals surface area contributed by atoms with Crippen LogP contribution in [0.5, 0.6) is 11.5 Å². The lowest BCUT2D eigenvalue weighted by atomic mass is 10.1. The van der Waals surface area contributed by atoms with Crippen molar-refractivity contribution in [2.75, 3.05) is 32.6 Å². The Kier molecular flexibility index (Phi) is 4.97. The minimum Gasteiger partial charge on any atom is -0.493 e. The summed E-state index contributed by atoms with van der Waals surface area (Å²) in [6.07, 6.45) is 2.31. The molecular weight excluding hydrogens is 356 g/mol. The SMILES string of the molecule is COc1ccc(-c2cc3ncccc3c(NCC3CNC(=O)C3)n2)cc1OC. The number of hydrogen-bond donors (Lipinski definition) is 2. The summed E-state index contributed by atoms with van der Waals surface area (Å²) in [6, 6.07) is 11.6. The van der Waals surface area contributed by atoms with Gasteiger partial charge in [0.05, 0.1) is 25.4 Å². The molecule has 7 heteroatoms. The van der Waals surface area contributed by atoms with Crippen molar-refractivity contribution in [1.29, 1.82) is 0 Å². The molecule has 1 saturated heterocycles. The van der Waals surface area contributed by atoms with Gasteiger partial charge in [0.2, 0.25) is 5.91 Å². The number of fused-ring (bicyclic) bond motifs is 1. The number of amides is 1. The maximum absolute atomic E-state index is 11.4. The van der Waals surface area contributed by atoms with E-state index in [1.165, 1.54) is 0 Å². The summed E-state index contributed by atoms with van der Waals surface area (Å²) in [5, 5.41) is 7.23. The Morgan fingerprint density at radius 1 is 1.18 bits per heavy atom. The summed E-state index contributed by atoms with van der Waals surface area (Å²) in [5.41, 5.74) is 2.55. The number of nitrogens with one attached hydrogen (secondary N) is 2. The van der Waals surface area contributed by atoms with Gasteiger partial charge in [0.15, 0.2) is 11.5 Å². The standard InChI is InChI=1S/C21H22N4O3/c1-27-18-6-5-14(9-19(18)28-2)16-10-17-15(4-3-7-22-17)21(25-16)24-12-13-8-20(26)23-11-13/h3-7,9-10,13H,8,11-12H2,1-2H3,(H,23,26)(H,24,25). The second-order valence-corrected chi connectivity index (χ2v) is 6.75. The fraction of sp³-hybridized carbons (Fsp3) is 0.286. The summed E-state index contributed by atoms with van der Waals surface area (Å²) in [7, 11) is 3.22. The third-order valence-corrected chi connectivity index (χ3v) is 4.90. The van der Waals surface area contributed by atoms with Gasteiger partial charge in [-0.1, -0.05) is 0 Å². The number of aromatic nitrogens is 2. The Hall–Kier alpha value is -3.35. The molecule has 7 nitrogen and oxygen atoms in total. The highest BCUT2D eigenvalue weighted by Crippen LogP contribution is 2.33. The lowest BCUT2D eigenvalue weighted by Gasteiger charge is -2.14. The second kappa shape index (κ2) is 7.72. The van der Waals surface area contributed by atoms with Crippen LogP contribution in [0.2, 0.25) is 0 Å². The first kappa shape index (κ1) is 18.0. The molecule has 1 fully saturated rings. The van der Waals surface area contributed by atoms with Gasteiger partial charge < -0.3 is 20.1 Å². The summed E-state index contributed by atoms with van der Waals surface area (Å²) < 4.78 is 10.7. The van der Waals surface area contributed by atoms with Crippen molar-refractivity contribution in [2.24, 2.45) is 5.92 Å². The lowest BCUT2D eigenvalue weighted by Crippen LogP contribution is -2.18. The number of rotatable bonds is 6. The van der Waals surface area contributed by atoms with Crippen LogP contribution < -0.4 is 20.1 Å². The molecule has 1 unspecified atom stereocenters. The molecule has 1 amide bonds. The third-order valence-electron chi connectivity index (χ3n) is 4.90. The van der Waals surface area contributed by atoms with E-state index < -0.39 is 0 Å². The normalized spacial score (nSPS) is 16.1. The van der Waals surface area contributed by atoms with Gasteiger partial charge in [-0.3, -0.25) is 9.78 Å². The second-order valence-electron chi connectivity index (χ2n) is 6.75. The van der Waals surface area contributed by atoms with Crippen LogP contribution >= 0.6 is 0 Å². The maximum Gasteiger partial charge on any atom is 0.220 e. The highest BCUT2D eigenvalue weighted by molar-refractivity contribution is 5.92. The molecule has 144 valence electrons. The van der Waals surface area contributed by atoms with Crippen LogP contribution in [0, 0.1) is 5.92 Å². The lowest BCUT2D eigenvalue weighted by molar-refractivity contribution is -0.119. The minimum absolute atomic E-state index is 0.102. The fourth-order valence-corrected chi connectivity index (χ4v) is 3.40. The predicted octanol–water partition coefficient (Wildman–Crippen LogP) is 2.86. The number of carbonyl (C=O) groups excluding carboxylic acids is 1. The number of pyridine rings is 2. The van der Waals surface area contributed by atoms with E-state index in [2.05, 4.69) is 15.6 Å². The molecule has 0 spiro atoms. The summed E-state index contributed by atoms with van der Waals surface area (Å²) in [6.45, 7) is 1.36. The zero-order valence-electron chi connectivity index (χ0n) is 15.9. The Morgan fingerprint density at radius 3 is 2.79 bits per heavy atom. The molecule has 2 N–H and O–H groups in total. The van der Waals surface area contributed by atoms with Crippen molar-refractivity contribution in [3.63, 3.8) is 0 Å². The molecule has 2 aromatic heterocycles. The Balaban J connectivity index is 1.70. The van der Waals surface area contributed by atoms with Crippen molar-refractivity contribution in [3.05, 3.63) is 42.6 Å². The molecule has 0 bridgehead atoms. The Labute approximate surface area is 163 Å². The topological polar surface area (TPSA) is 85.4 Å². The fourth-order valence-electron chi connectivity index (χ4n) is 3.40. The number of nitrogens with zero attached hydrogens (tertiary/aromatic N) is 2. The number of hydrogen-bond acceptors (Lipinski definition) is 6. The highest BCUT2D eigenvalue weighted by atomic mass is 16.5. The van der Waals surface area contributed by atoms with Crippen molar-refractivity contribution in [3.8, 4) is 22.8 Å². The highest BCUT2D eigenvalue weighted by Gasteiger charge is 2.21. The van der Waals surface area contributed by atoms with Crippen LogP contribution in [0.3, 0.4) is 0 Å². The van der Waals surface area contributed by atoms with E-state index in [4.69, 9.17) is 14.5 Å². The number of benzene rings is 1. The molecule has 1 aliphatic rings. The molecule has 4 rings (SSSR count). The van der Waals surface area contributed by atoms with Crippen LogP contribution in [0.25, 0.3) is 22.2 Å². The summed E-state index contributed by atoms with van der Waals surface area (Å²) in [5.74, 6) is 2.43. The van der Waals surface area contributed by atoms with E-state index in [-0.39, 0.29) is 11.8 Å². The van der Waals surface area contributed by atoms with Crippen LogP contribution in [0.4, 0.5) is 5.82 Å². The van der Waals surface area contributed by atoms with Crippen LogP contribution in [0.15, 0.2) is 42.6 Å². The molecule has 0 aliphatic carbocycles. The largest absolute Gasteiger partial charge is 0.493 e. The maximum atomic E-state index is 11.4. The van der Waals surface area contributed by atoms with Gasteiger partial charge in [-0.2, -0.15) is 0 Å². The first-order valence-electron chi connectivity index (χ1n) is 9.16. The van der Waals surface area contributed by atoms with Crippen LogP contribution in [-0.4, -0.2) is 43.2 Å². The molecule has 1 aliphatic heterocycles. The molecule has 0 saturated carbocycles. The Bertz CT molecular complexity index is 1020. The molecule has 0 radical (unpaired) electrons. The monoisotopic (exact) mass is 378 g/mol. The van der Waals surface area contributed by atoms with Gasteiger partial charge in [0, 0.05) is 42.6 Å². The third kappa shape index (κ3) is 3.55.